The van der Waals surface area contributed by atoms with Crippen LogP contribution in [0.1, 0.15) is 18.1 Å². The maximum atomic E-state index is 11.9. The molecule has 0 aliphatic carbocycles. The largest absolute Gasteiger partial charge is 0.444 e. The minimum absolute atomic E-state index is 0.564. The van der Waals surface area contributed by atoms with Crippen molar-refractivity contribution in [2.24, 2.45) is 0 Å². The molecule has 0 fully saturated rings. The first-order valence-electron chi connectivity index (χ1n) is 8.57. The zero-order valence-corrected chi connectivity index (χ0v) is 15.2. The lowest BCUT2D eigenvalue weighted by Crippen LogP contribution is -2.10. The molecule has 134 valence electrons. The highest BCUT2D eigenvalue weighted by Gasteiger charge is 2.11. The highest BCUT2D eigenvalue weighted by atomic mass is 16.5. The van der Waals surface area contributed by atoms with Gasteiger partial charge in [-0.3, -0.25) is 0 Å². The monoisotopic (exact) mass is 357 g/mol. The van der Waals surface area contributed by atoms with Crippen molar-refractivity contribution in [1.82, 2.24) is 9.78 Å². The van der Waals surface area contributed by atoms with E-state index in [4.69, 9.17) is 15.1 Å². The van der Waals surface area contributed by atoms with E-state index in [0.717, 1.165) is 28.1 Å². The number of hydrogen-bond donors (Lipinski definition) is 0. The van der Waals surface area contributed by atoms with Gasteiger partial charge in [0.2, 0.25) is 0 Å². The van der Waals surface area contributed by atoms with Gasteiger partial charge in [0.25, 0.3) is 0 Å². The molecule has 1 aromatic heterocycles. The maximum Gasteiger partial charge on any atom is 0.332 e. The Kier molecular flexibility index (Phi) is 5.48. The number of para-hydroxylation sites is 1. The summed E-state index contributed by atoms with van der Waals surface area (Å²) in [4.78, 5) is 11.9. The molecular weight excluding hydrogens is 338 g/mol. The van der Waals surface area contributed by atoms with Crippen molar-refractivity contribution in [3.8, 4) is 23.0 Å². The van der Waals surface area contributed by atoms with Gasteiger partial charge in [-0.25, -0.2) is 9.48 Å². The molecule has 27 heavy (non-hydrogen) atoms. The Morgan fingerprint density at radius 3 is 2.56 bits per heavy atom. The number of nitrogens with zero attached hydrogens (tertiary/aromatic N) is 3. The summed E-state index contributed by atoms with van der Waals surface area (Å²) in [7, 11) is 0. The van der Waals surface area contributed by atoms with Crippen LogP contribution in [0, 0.1) is 18.3 Å². The van der Waals surface area contributed by atoms with Gasteiger partial charge >= 0.3 is 5.97 Å². The molecule has 1 heterocycles. The first-order valence-corrected chi connectivity index (χ1v) is 8.57. The van der Waals surface area contributed by atoms with Gasteiger partial charge in [0.05, 0.1) is 11.4 Å². The minimum atomic E-state index is -0.786. The van der Waals surface area contributed by atoms with Crippen LogP contribution in [0.4, 0.5) is 0 Å². The lowest BCUT2D eigenvalue weighted by Gasteiger charge is -2.02. The Morgan fingerprint density at radius 1 is 1.19 bits per heavy atom. The molecule has 0 saturated carbocycles. The quantitative estimate of drug-likeness (QED) is 0.504. The Bertz CT molecular complexity index is 996. The summed E-state index contributed by atoms with van der Waals surface area (Å²) in [5.41, 5.74) is 4.58. The Hall–Kier alpha value is -3.65. The second kappa shape index (κ2) is 8.15. The molecule has 5 nitrogen and oxygen atoms in total. The van der Waals surface area contributed by atoms with Gasteiger partial charge in [0.1, 0.15) is 6.07 Å². The van der Waals surface area contributed by atoms with Crippen molar-refractivity contribution in [3.05, 3.63) is 78.0 Å². The second-order valence-electron chi connectivity index (χ2n) is 6.12. The predicted molar refractivity (Wildman–Crippen MR) is 104 cm³/mol. The number of carbonyl (C=O) groups is 1. The molecule has 2 aromatic carbocycles. The Balaban J connectivity index is 1.98. The number of esters is 1. The van der Waals surface area contributed by atoms with E-state index in [1.54, 1.807) is 10.8 Å². The van der Waals surface area contributed by atoms with Gasteiger partial charge in [-0.1, -0.05) is 48.0 Å². The number of carbonyl (C=O) groups excluding carboxylic acids is 1. The standard InChI is InChI=1S/C22H19N3O2/c1-16-8-10-18(11-9-16)22-19(12-13-21(26)27-17(2)14-23)15-25(24-22)20-6-4-3-5-7-20/h3-13,15,17H,1-2H3/b13-12+/t17-/m0/s1. The van der Waals surface area contributed by atoms with Crippen molar-refractivity contribution in [1.29, 1.82) is 5.26 Å². The average Bonchev–Trinajstić information content (AvgIpc) is 3.12. The molecule has 3 rings (SSSR count). The molecule has 5 heteroatoms. The third-order valence-corrected chi connectivity index (χ3v) is 3.96. The summed E-state index contributed by atoms with van der Waals surface area (Å²) in [6.45, 7) is 3.55. The van der Waals surface area contributed by atoms with Crippen molar-refractivity contribution in [2.75, 3.05) is 0 Å². The summed E-state index contributed by atoms with van der Waals surface area (Å²) >= 11 is 0. The average molecular weight is 357 g/mol. The number of rotatable bonds is 5. The fraction of sp³-hybridized carbons (Fsp3) is 0.136. The fourth-order valence-electron chi connectivity index (χ4n) is 2.56. The summed E-state index contributed by atoms with van der Waals surface area (Å²) in [6.07, 6.45) is 4.05. The molecule has 0 saturated heterocycles. The van der Waals surface area contributed by atoms with E-state index in [1.807, 2.05) is 73.8 Å². The molecule has 0 aliphatic rings. The van der Waals surface area contributed by atoms with Crippen LogP contribution in [0.5, 0.6) is 0 Å². The topological polar surface area (TPSA) is 67.9 Å². The summed E-state index contributed by atoms with van der Waals surface area (Å²) < 4.78 is 6.74. The van der Waals surface area contributed by atoms with Crippen LogP contribution in [-0.4, -0.2) is 21.9 Å². The summed E-state index contributed by atoms with van der Waals surface area (Å²) in [5.74, 6) is -0.564. The third kappa shape index (κ3) is 4.50. The van der Waals surface area contributed by atoms with E-state index >= 15 is 0 Å². The second-order valence-corrected chi connectivity index (χ2v) is 6.12. The van der Waals surface area contributed by atoms with Crippen LogP contribution in [0.25, 0.3) is 23.0 Å². The lowest BCUT2D eigenvalue weighted by atomic mass is 10.1. The maximum absolute atomic E-state index is 11.9. The van der Waals surface area contributed by atoms with Crippen LogP contribution in [0.2, 0.25) is 0 Å². The molecule has 0 radical (unpaired) electrons. The summed E-state index contributed by atoms with van der Waals surface area (Å²) in [5, 5.41) is 13.4. The van der Waals surface area contributed by atoms with Gasteiger partial charge in [0, 0.05) is 23.4 Å². The number of nitriles is 1. The van der Waals surface area contributed by atoms with Gasteiger partial charge in [-0.05, 0) is 32.1 Å². The first kappa shape index (κ1) is 18.2. The smallest absolute Gasteiger partial charge is 0.332 e. The van der Waals surface area contributed by atoms with Crippen molar-refractivity contribution >= 4 is 12.0 Å². The number of hydrogen-bond acceptors (Lipinski definition) is 4. The van der Waals surface area contributed by atoms with E-state index in [2.05, 4.69) is 0 Å². The number of aromatic nitrogens is 2. The molecule has 0 spiro atoms. The van der Waals surface area contributed by atoms with E-state index < -0.39 is 12.1 Å². The normalized spacial score (nSPS) is 11.9. The third-order valence-electron chi connectivity index (χ3n) is 3.96. The Labute approximate surface area is 158 Å². The van der Waals surface area contributed by atoms with Crippen LogP contribution in [0.3, 0.4) is 0 Å². The SMILES string of the molecule is Cc1ccc(-c2nn(-c3ccccc3)cc2/C=C/C(=O)O[C@@H](C)C#N)cc1. The molecule has 0 bridgehead atoms. The van der Waals surface area contributed by atoms with Crippen LogP contribution < -0.4 is 0 Å². The van der Waals surface area contributed by atoms with Crippen LogP contribution in [-0.2, 0) is 9.53 Å². The van der Waals surface area contributed by atoms with Crippen molar-refractivity contribution in [2.45, 2.75) is 20.0 Å². The zero-order chi connectivity index (χ0) is 19.2. The van der Waals surface area contributed by atoms with E-state index in [1.165, 1.54) is 13.0 Å². The van der Waals surface area contributed by atoms with E-state index in [0.29, 0.717) is 0 Å². The molecule has 0 N–H and O–H groups in total. The van der Waals surface area contributed by atoms with Crippen molar-refractivity contribution < 1.29 is 9.53 Å². The summed E-state index contributed by atoms with van der Waals surface area (Å²) in [6, 6.07) is 19.7. The molecular formula is C22H19N3O2. The molecule has 0 aliphatic heterocycles. The number of benzene rings is 2. The lowest BCUT2D eigenvalue weighted by molar-refractivity contribution is -0.139. The first-order chi connectivity index (χ1) is 13.1. The Morgan fingerprint density at radius 2 is 1.89 bits per heavy atom. The molecule has 3 aromatic rings. The molecule has 0 amide bonds. The molecule has 0 unspecified atom stereocenters. The van der Waals surface area contributed by atoms with E-state index in [9.17, 15) is 4.79 Å². The van der Waals surface area contributed by atoms with Crippen LogP contribution >= 0.6 is 0 Å². The van der Waals surface area contributed by atoms with Gasteiger partial charge in [0.15, 0.2) is 6.10 Å². The predicted octanol–water partition coefficient (Wildman–Crippen LogP) is 4.32. The van der Waals surface area contributed by atoms with Gasteiger partial charge in [-0.2, -0.15) is 10.4 Å². The van der Waals surface area contributed by atoms with E-state index in [-0.39, 0.29) is 0 Å². The van der Waals surface area contributed by atoms with Crippen molar-refractivity contribution in [3.63, 3.8) is 0 Å². The molecule has 1 atom stereocenters. The fourth-order valence-corrected chi connectivity index (χ4v) is 2.56. The highest BCUT2D eigenvalue weighted by molar-refractivity contribution is 5.89. The number of ether oxygens (including phenoxy) is 1. The van der Waals surface area contributed by atoms with Crippen LogP contribution in [0.15, 0.2) is 66.9 Å². The van der Waals surface area contributed by atoms with Gasteiger partial charge < -0.3 is 4.74 Å². The minimum Gasteiger partial charge on any atom is -0.444 e. The highest BCUT2D eigenvalue weighted by Crippen LogP contribution is 2.25. The number of aryl methyl sites for hydroxylation is 1. The van der Waals surface area contributed by atoms with Gasteiger partial charge in [-0.15, -0.1) is 0 Å². The zero-order valence-electron chi connectivity index (χ0n) is 15.2.